The van der Waals surface area contributed by atoms with Crippen molar-refractivity contribution < 1.29 is 13.2 Å². The van der Waals surface area contributed by atoms with Crippen molar-refractivity contribution in [3.8, 4) is 0 Å². The first-order chi connectivity index (χ1) is 7.98. The van der Waals surface area contributed by atoms with Crippen LogP contribution in [0.5, 0.6) is 0 Å². The lowest BCUT2D eigenvalue weighted by molar-refractivity contribution is -0.137. The second kappa shape index (κ2) is 4.55. The summed E-state index contributed by atoms with van der Waals surface area (Å²) in [5, 5.41) is 0. The Kier molecular flexibility index (Phi) is 3.26. The Bertz CT molecular complexity index is 390. The standard InChI is InChI=1S/C12H15F3N2/c1-9-3-2-6-17(8-9)11-7-16-5-4-10(11)12(13,14)15/h4-5,7,9H,2-3,6,8H2,1H3/t9-/m1/s1. The first-order valence-electron chi connectivity index (χ1n) is 5.74. The zero-order valence-electron chi connectivity index (χ0n) is 9.67. The molecule has 1 aliphatic rings. The third-order valence-electron chi connectivity index (χ3n) is 3.10. The highest BCUT2D eigenvalue weighted by Crippen LogP contribution is 2.37. The van der Waals surface area contributed by atoms with Crippen LogP contribution in [-0.2, 0) is 6.18 Å². The van der Waals surface area contributed by atoms with E-state index in [1.807, 2.05) is 0 Å². The number of alkyl halides is 3. The van der Waals surface area contributed by atoms with Crippen molar-refractivity contribution in [2.24, 2.45) is 5.92 Å². The lowest BCUT2D eigenvalue weighted by Gasteiger charge is -2.34. The van der Waals surface area contributed by atoms with Gasteiger partial charge in [0.25, 0.3) is 0 Å². The molecule has 0 unspecified atom stereocenters. The molecule has 1 aliphatic heterocycles. The molecule has 0 radical (unpaired) electrons. The summed E-state index contributed by atoms with van der Waals surface area (Å²) in [4.78, 5) is 5.61. The van der Waals surface area contributed by atoms with Crippen LogP contribution in [0.1, 0.15) is 25.3 Å². The van der Waals surface area contributed by atoms with Crippen LogP contribution in [0, 0.1) is 5.92 Å². The molecule has 1 aromatic rings. The fourth-order valence-corrected chi connectivity index (χ4v) is 2.29. The molecular formula is C12H15F3N2. The van der Waals surface area contributed by atoms with E-state index >= 15 is 0 Å². The molecule has 1 aromatic heterocycles. The van der Waals surface area contributed by atoms with Crippen LogP contribution >= 0.6 is 0 Å². The Morgan fingerprint density at radius 3 is 2.82 bits per heavy atom. The van der Waals surface area contributed by atoms with Crippen LogP contribution in [0.15, 0.2) is 18.5 Å². The van der Waals surface area contributed by atoms with Crippen molar-refractivity contribution in [2.45, 2.75) is 25.9 Å². The van der Waals surface area contributed by atoms with Crippen molar-refractivity contribution in [3.05, 3.63) is 24.0 Å². The lowest BCUT2D eigenvalue weighted by Crippen LogP contribution is -2.35. The van der Waals surface area contributed by atoms with Crippen LogP contribution in [0.4, 0.5) is 18.9 Å². The van der Waals surface area contributed by atoms with Crippen LogP contribution in [0.2, 0.25) is 0 Å². The molecule has 2 rings (SSSR count). The van der Waals surface area contributed by atoms with E-state index in [0.29, 0.717) is 19.0 Å². The molecule has 0 saturated carbocycles. The Morgan fingerprint density at radius 2 is 2.18 bits per heavy atom. The zero-order chi connectivity index (χ0) is 12.5. The van der Waals surface area contributed by atoms with E-state index in [-0.39, 0.29) is 5.69 Å². The number of halogens is 3. The minimum Gasteiger partial charge on any atom is -0.370 e. The number of rotatable bonds is 1. The monoisotopic (exact) mass is 244 g/mol. The van der Waals surface area contributed by atoms with Crippen molar-refractivity contribution >= 4 is 5.69 Å². The van der Waals surface area contributed by atoms with E-state index in [1.54, 1.807) is 4.90 Å². The molecule has 5 heteroatoms. The molecule has 0 aromatic carbocycles. The largest absolute Gasteiger partial charge is 0.418 e. The molecule has 17 heavy (non-hydrogen) atoms. The van der Waals surface area contributed by atoms with Gasteiger partial charge in [-0.2, -0.15) is 13.2 Å². The van der Waals surface area contributed by atoms with E-state index in [0.717, 1.165) is 18.9 Å². The van der Waals surface area contributed by atoms with Gasteiger partial charge < -0.3 is 4.90 Å². The number of hydrogen-bond donors (Lipinski definition) is 0. The van der Waals surface area contributed by atoms with Gasteiger partial charge in [0.05, 0.1) is 17.4 Å². The van der Waals surface area contributed by atoms with E-state index in [4.69, 9.17) is 0 Å². The molecule has 2 nitrogen and oxygen atoms in total. The van der Waals surface area contributed by atoms with Gasteiger partial charge in [0, 0.05) is 19.3 Å². The maximum atomic E-state index is 12.8. The van der Waals surface area contributed by atoms with Gasteiger partial charge in [-0.1, -0.05) is 6.92 Å². The predicted molar refractivity (Wildman–Crippen MR) is 59.9 cm³/mol. The highest BCUT2D eigenvalue weighted by atomic mass is 19.4. The number of piperidine rings is 1. The second-order valence-electron chi connectivity index (χ2n) is 4.58. The van der Waals surface area contributed by atoms with Crippen molar-refractivity contribution in [1.82, 2.24) is 4.98 Å². The van der Waals surface area contributed by atoms with Gasteiger partial charge in [-0.3, -0.25) is 4.98 Å². The summed E-state index contributed by atoms with van der Waals surface area (Å²) >= 11 is 0. The Morgan fingerprint density at radius 1 is 1.41 bits per heavy atom. The van der Waals surface area contributed by atoms with Crippen LogP contribution in [-0.4, -0.2) is 18.1 Å². The van der Waals surface area contributed by atoms with E-state index < -0.39 is 11.7 Å². The summed E-state index contributed by atoms with van der Waals surface area (Å²) in [6.07, 6.45) is 0.227. The molecule has 0 amide bonds. The summed E-state index contributed by atoms with van der Waals surface area (Å²) in [7, 11) is 0. The van der Waals surface area contributed by atoms with Crippen LogP contribution in [0.3, 0.4) is 0 Å². The molecule has 94 valence electrons. The SMILES string of the molecule is C[C@@H]1CCCN(c2cnccc2C(F)(F)F)C1. The summed E-state index contributed by atoms with van der Waals surface area (Å²) in [6, 6.07) is 1.05. The molecule has 1 fully saturated rings. The summed E-state index contributed by atoms with van der Waals surface area (Å²) in [6.45, 7) is 3.42. The molecule has 0 bridgehead atoms. The van der Waals surface area contributed by atoms with Crippen LogP contribution < -0.4 is 4.90 Å². The average Bonchev–Trinajstić information content (AvgIpc) is 2.28. The van der Waals surface area contributed by atoms with E-state index in [2.05, 4.69) is 11.9 Å². The predicted octanol–water partition coefficient (Wildman–Crippen LogP) is 3.34. The van der Waals surface area contributed by atoms with Crippen LogP contribution in [0.25, 0.3) is 0 Å². The minimum absolute atomic E-state index is 0.214. The molecule has 0 N–H and O–H groups in total. The summed E-state index contributed by atoms with van der Waals surface area (Å²) in [5.74, 6) is 0.435. The number of aromatic nitrogens is 1. The highest BCUT2D eigenvalue weighted by molar-refractivity contribution is 5.53. The van der Waals surface area contributed by atoms with Gasteiger partial charge in [0.15, 0.2) is 0 Å². The first kappa shape index (κ1) is 12.2. The second-order valence-corrected chi connectivity index (χ2v) is 4.58. The number of nitrogens with zero attached hydrogens (tertiary/aromatic N) is 2. The van der Waals surface area contributed by atoms with Gasteiger partial charge in [-0.15, -0.1) is 0 Å². The maximum absolute atomic E-state index is 12.8. The number of pyridine rings is 1. The Hall–Kier alpha value is -1.26. The number of anilines is 1. The molecular weight excluding hydrogens is 229 g/mol. The van der Waals surface area contributed by atoms with Gasteiger partial charge in [-0.25, -0.2) is 0 Å². The smallest absolute Gasteiger partial charge is 0.370 e. The first-order valence-corrected chi connectivity index (χ1v) is 5.74. The maximum Gasteiger partial charge on any atom is 0.418 e. The average molecular weight is 244 g/mol. The molecule has 0 aliphatic carbocycles. The lowest BCUT2D eigenvalue weighted by atomic mass is 9.99. The third-order valence-corrected chi connectivity index (χ3v) is 3.10. The van der Waals surface area contributed by atoms with Crippen molar-refractivity contribution in [3.63, 3.8) is 0 Å². The molecule has 2 heterocycles. The normalized spacial score (nSPS) is 21.6. The Balaban J connectivity index is 2.31. The molecule has 0 spiro atoms. The van der Waals surface area contributed by atoms with Crippen molar-refractivity contribution in [2.75, 3.05) is 18.0 Å². The zero-order valence-corrected chi connectivity index (χ0v) is 9.67. The van der Waals surface area contributed by atoms with E-state index in [1.165, 1.54) is 12.4 Å². The third kappa shape index (κ3) is 2.70. The molecule has 1 atom stereocenters. The highest BCUT2D eigenvalue weighted by Gasteiger charge is 2.35. The van der Waals surface area contributed by atoms with Crippen molar-refractivity contribution in [1.29, 1.82) is 0 Å². The fourth-order valence-electron chi connectivity index (χ4n) is 2.29. The van der Waals surface area contributed by atoms with Gasteiger partial charge in [-0.05, 0) is 24.8 Å². The van der Waals surface area contributed by atoms with Gasteiger partial charge >= 0.3 is 6.18 Å². The van der Waals surface area contributed by atoms with Gasteiger partial charge in [0.1, 0.15) is 0 Å². The molecule has 1 saturated heterocycles. The summed E-state index contributed by atoms with van der Waals surface area (Å²) < 4.78 is 38.5. The van der Waals surface area contributed by atoms with Gasteiger partial charge in [0.2, 0.25) is 0 Å². The quantitative estimate of drug-likeness (QED) is 0.753. The van der Waals surface area contributed by atoms with E-state index in [9.17, 15) is 13.2 Å². The number of hydrogen-bond acceptors (Lipinski definition) is 2. The summed E-state index contributed by atoms with van der Waals surface area (Å²) in [5.41, 5.74) is -0.367. The minimum atomic E-state index is -4.31. The topological polar surface area (TPSA) is 16.1 Å². The Labute approximate surface area is 98.5 Å². The fraction of sp³-hybridized carbons (Fsp3) is 0.583.